The van der Waals surface area contributed by atoms with Crippen molar-refractivity contribution >= 4 is 11.8 Å². The van der Waals surface area contributed by atoms with Crippen molar-refractivity contribution in [3.63, 3.8) is 0 Å². The highest BCUT2D eigenvalue weighted by molar-refractivity contribution is 5.81. The summed E-state index contributed by atoms with van der Waals surface area (Å²) in [7, 11) is 0. The highest BCUT2D eigenvalue weighted by Gasteiger charge is 2.25. The minimum absolute atomic E-state index is 0.116. The molecule has 5 heteroatoms. The fraction of sp³-hybridized carbons (Fsp3) is 0.833. The van der Waals surface area contributed by atoms with Gasteiger partial charge in [-0.3, -0.25) is 9.59 Å². The van der Waals surface area contributed by atoms with E-state index in [1.165, 1.54) is 6.42 Å². The summed E-state index contributed by atoms with van der Waals surface area (Å²) >= 11 is 0. The molecule has 0 aromatic heterocycles. The number of primary amides is 1. The van der Waals surface area contributed by atoms with Gasteiger partial charge in [-0.05, 0) is 33.1 Å². The molecule has 1 fully saturated rings. The predicted molar refractivity (Wildman–Crippen MR) is 66.3 cm³/mol. The number of amides is 2. The number of nitrogens with zero attached hydrogens (tertiary/aromatic N) is 1. The Morgan fingerprint density at radius 3 is 2.35 bits per heavy atom. The molecule has 1 aliphatic rings. The lowest BCUT2D eigenvalue weighted by molar-refractivity contribution is -0.132. The molecule has 0 spiro atoms. The summed E-state index contributed by atoms with van der Waals surface area (Å²) in [6.07, 6.45) is 3.41. The molecule has 0 aromatic carbocycles. The molecule has 1 rings (SSSR count). The third-order valence-corrected chi connectivity index (χ3v) is 3.22. The first-order valence-corrected chi connectivity index (χ1v) is 6.22. The lowest BCUT2D eigenvalue weighted by Crippen LogP contribution is -2.45. The summed E-state index contributed by atoms with van der Waals surface area (Å²) in [5.74, 6) is -0.236. The van der Waals surface area contributed by atoms with Crippen molar-refractivity contribution in [3.8, 4) is 0 Å². The van der Waals surface area contributed by atoms with E-state index >= 15 is 0 Å². The summed E-state index contributed by atoms with van der Waals surface area (Å²) in [6, 6.07) is 0. The van der Waals surface area contributed by atoms with E-state index in [9.17, 15) is 9.59 Å². The maximum Gasteiger partial charge on any atom is 0.236 e. The van der Waals surface area contributed by atoms with Crippen molar-refractivity contribution in [1.29, 1.82) is 0 Å². The van der Waals surface area contributed by atoms with Crippen LogP contribution in [0.15, 0.2) is 0 Å². The number of nitrogens with one attached hydrogen (secondary N) is 1. The molecule has 1 saturated heterocycles. The molecule has 1 aliphatic heterocycles. The molecule has 3 N–H and O–H groups in total. The minimum atomic E-state index is -0.609. The largest absolute Gasteiger partial charge is 0.369 e. The van der Waals surface area contributed by atoms with Crippen molar-refractivity contribution < 1.29 is 9.59 Å². The van der Waals surface area contributed by atoms with E-state index in [0.29, 0.717) is 6.54 Å². The lowest BCUT2D eigenvalue weighted by Gasteiger charge is -2.27. The van der Waals surface area contributed by atoms with Crippen LogP contribution in [0, 0.1) is 5.41 Å². The Bertz CT molecular complexity index is 283. The number of carbonyl (C=O) groups excluding carboxylic acids is 2. The Morgan fingerprint density at radius 1 is 1.24 bits per heavy atom. The molecule has 1 heterocycles. The van der Waals surface area contributed by atoms with E-state index in [4.69, 9.17) is 5.73 Å². The molecule has 5 nitrogen and oxygen atoms in total. The topological polar surface area (TPSA) is 75.4 Å². The van der Waals surface area contributed by atoms with Crippen LogP contribution >= 0.6 is 0 Å². The Morgan fingerprint density at radius 2 is 1.82 bits per heavy atom. The number of rotatable bonds is 5. The fourth-order valence-corrected chi connectivity index (χ4v) is 1.82. The van der Waals surface area contributed by atoms with Crippen LogP contribution in [-0.2, 0) is 9.59 Å². The van der Waals surface area contributed by atoms with Crippen LogP contribution in [0.1, 0.15) is 33.1 Å². The average molecular weight is 241 g/mol. The third-order valence-electron chi connectivity index (χ3n) is 3.22. The third kappa shape index (κ3) is 4.34. The Labute approximate surface area is 103 Å². The van der Waals surface area contributed by atoms with Gasteiger partial charge in [-0.1, -0.05) is 0 Å². The predicted octanol–water partition coefficient (Wildman–Crippen LogP) is 0.100. The number of carbonyl (C=O) groups is 2. The second-order valence-electron chi connectivity index (χ2n) is 5.29. The fourth-order valence-electron chi connectivity index (χ4n) is 1.82. The van der Waals surface area contributed by atoms with E-state index in [1.54, 1.807) is 13.8 Å². The van der Waals surface area contributed by atoms with Crippen molar-refractivity contribution in [2.24, 2.45) is 11.1 Å². The van der Waals surface area contributed by atoms with E-state index < -0.39 is 5.41 Å². The van der Waals surface area contributed by atoms with Gasteiger partial charge < -0.3 is 16.0 Å². The van der Waals surface area contributed by atoms with Crippen LogP contribution in [0.25, 0.3) is 0 Å². The van der Waals surface area contributed by atoms with Crippen molar-refractivity contribution in [2.75, 3.05) is 26.2 Å². The smallest absolute Gasteiger partial charge is 0.236 e. The zero-order valence-corrected chi connectivity index (χ0v) is 10.8. The lowest BCUT2D eigenvalue weighted by atomic mass is 9.93. The standard InChI is InChI=1S/C12H23N3O2/c1-12(2,11(13)17)9-14-8-10(16)15-6-4-3-5-7-15/h14H,3-9H2,1-2H3,(H2,13,17). The summed E-state index contributed by atoms with van der Waals surface area (Å²) in [5.41, 5.74) is 4.65. The molecule has 0 bridgehead atoms. The van der Waals surface area contributed by atoms with E-state index in [-0.39, 0.29) is 18.4 Å². The van der Waals surface area contributed by atoms with Crippen LogP contribution in [0.3, 0.4) is 0 Å². The van der Waals surface area contributed by atoms with Crippen molar-refractivity contribution in [2.45, 2.75) is 33.1 Å². The van der Waals surface area contributed by atoms with Crippen LogP contribution in [0.2, 0.25) is 0 Å². The van der Waals surface area contributed by atoms with Crippen molar-refractivity contribution in [3.05, 3.63) is 0 Å². The molecule has 0 aromatic rings. The maximum absolute atomic E-state index is 11.8. The Hall–Kier alpha value is -1.10. The monoisotopic (exact) mass is 241 g/mol. The normalized spacial score (nSPS) is 16.9. The van der Waals surface area contributed by atoms with Crippen LogP contribution in [0.5, 0.6) is 0 Å². The van der Waals surface area contributed by atoms with Gasteiger partial charge in [0.1, 0.15) is 0 Å². The highest BCUT2D eigenvalue weighted by atomic mass is 16.2. The quantitative estimate of drug-likeness (QED) is 0.717. The molecule has 0 aliphatic carbocycles. The molecular formula is C12H23N3O2. The Balaban J connectivity index is 2.26. The van der Waals surface area contributed by atoms with Gasteiger partial charge in [-0.25, -0.2) is 0 Å². The number of piperidine rings is 1. The van der Waals surface area contributed by atoms with Crippen LogP contribution < -0.4 is 11.1 Å². The second-order valence-corrected chi connectivity index (χ2v) is 5.29. The van der Waals surface area contributed by atoms with Gasteiger partial charge in [0, 0.05) is 19.6 Å². The number of hydrogen-bond acceptors (Lipinski definition) is 3. The zero-order chi connectivity index (χ0) is 12.9. The van der Waals surface area contributed by atoms with Crippen molar-refractivity contribution in [1.82, 2.24) is 10.2 Å². The first kappa shape index (κ1) is 14.0. The molecule has 0 radical (unpaired) electrons. The summed E-state index contributed by atoms with van der Waals surface area (Å²) in [6.45, 7) is 5.99. The number of nitrogens with two attached hydrogens (primary N) is 1. The van der Waals surface area contributed by atoms with E-state index in [1.807, 2.05) is 4.90 Å². The average Bonchev–Trinajstić information content (AvgIpc) is 2.29. The van der Waals surface area contributed by atoms with Crippen LogP contribution in [0.4, 0.5) is 0 Å². The molecular weight excluding hydrogens is 218 g/mol. The SMILES string of the molecule is CC(C)(CNCC(=O)N1CCCCC1)C(N)=O. The summed E-state index contributed by atoms with van der Waals surface area (Å²) in [4.78, 5) is 24.8. The van der Waals surface area contributed by atoms with Crippen LogP contribution in [-0.4, -0.2) is 42.9 Å². The zero-order valence-electron chi connectivity index (χ0n) is 10.8. The Kier molecular flexibility index (Phi) is 4.93. The molecule has 0 unspecified atom stereocenters. The molecule has 2 amide bonds. The number of hydrogen-bond donors (Lipinski definition) is 2. The van der Waals surface area contributed by atoms with Gasteiger partial charge in [0.05, 0.1) is 12.0 Å². The maximum atomic E-state index is 11.8. The second kappa shape index (κ2) is 6.00. The van der Waals surface area contributed by atoms with Gasteiger partial charge in [0.2, 0.25) is 11.8 Å². The molecule has 17 heavy (non-hydrogen) atoms. The van der Waals surface area contributed by atoms with E-state index in [2.05, 4.69) is 5.32 Å². The summed E-state index contributed by atoms with van der Waals surface area (Å²) in [5, 5.41) is 3.01. The van der Waals surface area contributed by atoms with E-state index in [0.717, 1.165) is 25.9 Å². The molecule has 0 saturated carbocycles. The molecule has 98 valence electrons. The first-order chi connectivity index (χ1) is 7.93. The van der Waals surface area contributed by atoms with Gasteiger partial charge in [-0.15, -0.1) is 0 Å². The number of likely N-dealkylation sites (tertiary alicyclic amines) is 1. The highest BCUT2D eigenvalue weighted by Crippen LogP contribution is 2.12. The minimum Gasteiger partial charge on any atom is -0.369 e. The molecule has 0 atom stereocenters. The van der Waals surface area contributed by atoms with Gasteiger partial charge in [0.15, 0.2) is 0 Å². The first-order valence-electron chi connectivity index (χ1n) is 6.22. The van der Waals surface area contributed by atoms with Gasteiger partial charge in [0.25, 0.3) is 0 Å². The van der Waals surface area contributed by atoms with Gasteiger partial charge >= 0.3 is 0 Å². The van der Waals surface area contributed by atoms with Gasteiger partial charge in [-0.2, -0.15) is 0 Å². The summed E-state index contributed by atoms with van der Waals surface area (Å²) < 4.78 is 0.